The number of aromatic nitrogens is 2. The van der Waals surface area contributed by atoms with Gasteiger partial charge in [-0.3, -0.25) is 48.2 Å². The number of hydrogen-bond acceptors (Lipinski definition) is 11. The molecule has 3 fully saturated rings. The number of imidazole rings is 1. The SMILES string of the molecule is CN1CC[C@H]2CC[C@@H](C(=O)N[C@@H](CCC(N)=O)C(=O)NCCCCCCCCCC#Cc3cccc4c3CN(C3CCC(=O)NC3=O)C4=O)N2C(=O)[C@@H](NC(=O)c2cn3cc(C(F)(F)P(=O)(O)O)ccc3n2)C1. The van der Waals surface area contributed by atoms with Crippen molar-refractivity contribution in [3.05, 3.63) is 70.7 Å². The molecule has 5 atom stereocenters. The zero-order valence-corrected chi connectivity index (χ0v) is 41.3. The number of carbonyl (C=O) groups excluding carboxylic acids is 8. The van der Waals surface area contributed by atoms with Gasteiger partial charge in [0.15, 0.2) is 0 Å². The van der Waals surface area contributed by atoms with Crippen LogP contribution >= 0.6 is 7.60 Å². The number of amides is 8. The number of halogens is 2. The second kappa shape index (κ2) is 23.5. The first-order chi connectivity index (χ1) is 34.7. The van der Waals surface area contributed by atoms with Crippen LogP contribution in [0.5, 0.6) is 0 Å². The molecule has 1 aromatic carbocycles. The zero-order chi connectivity index (χ0) is 52.6. The van der Waals surface area contributed by atoms with Crippen LogP contribution in [-0.4, -0.2) is 138 Å². The fourth-order valence-electron chi connectivity index (χ4n) is 9.82. The van der Waals surface area contributed by atoms with Gasteiger partial charge in [-0.15, -0.1) is 0 Å². The van der Waals surface area contributed by atoms with Crippen molar-refractivity contribution < 1.29 is 61.5 Å². The summed E-state index contributed by atoms with van der Waals surface area (Å²) in [5.74, 6) is 2.23. The Morgan fingerprint density at radius 2 is 1.71 bits per heavy atom. The quantitative estimate of drug-likeness (QED) is 0.0370. The first kappa shape index (κ1) is 54.2. The van der Waals surface area contributed by atoms with E-state index in [0.717, 1.165) is 78.6 Å². The van der Waals surface area contributed by atoms with Crippen LogP contribution in [0.4, 0.5) is 8.78 Å². The lowest BCUT2D eigenvalue weighted by molar-refractivity contribution is -0.144. The number of nitrogens with zero attached hydrogens (tertiary/aromatic N) is 5. The van der Waals surface area contributed by atoms with E-state index in [1.807, 2.05) is 11.0 Å². The lowest BCUT2D eigenvalue weighted by Crippen LogP contribution is -2.61. The first-order valence-electron chi connectivity index (χ1n) is 24.6. The standard InChI is InChI=1S/C49H61F2N10O11P/c1-58-25-23-32-16-18-39(61(32)48(69)37(28-58)56-44(65)36-29-59-26-31(15-21-41(59)54-36)49(50,51)73(70,71)72)46(67)55-35(17-20-40(52)62)43(64)53-24-10-8-6-4-2-3-5-7-9-12-30-13-11-14-33-34(30)27-60(47(33)68)38-19-22-42(63)57-45(38)66/h11,13-15,21,26,29,32,35,37-39H,2-8,10,16-20,22-25,27-28H2,1H3,(H2,52,62)(H,53,64)(H,55,67)(H,56,65)(H,57,63,66)(H2,70,71,72)/t32-,35+,37+,38?,39+/m1/s1. The Balaban J connectivity index is 0.849. The van der Waals surface area contributed by atoms with Gasteiger partial charge in [0.2, 0.25) is 35.4 Å². The Morgan fingerprint density at radius 3 is 2.44 bits per heavy atom. The molecule has 73 heavy (non-hydrogen) atoms. The monoisotopic (exact) mass is 1030 g/mol. The third kappa shape index (κ3) is 13.0. The van der Waals surface area contributed by atoms with E-state index < -0.39 is 78.4 Å². The van der Waals surface area contributed by atoms with E-state index in [1.54, 1.807) is 19.2 Å². The Morgan fingerprint density at radius 1 is 0.973 bits per heavy atom. The molecule has 4 aliphatic heterocycles. The molecule has 0 radical (unpaired) electrons. The Labute approximate surface area is 419 Å². The van der Waals surface area contributed by atoms with Gasteiger partial charge in [-0.1, -0.05) is 50.0 Å². The van der Waals surface area contributed by atoms with Crippen molar-refractivity contribution in [1.82, 2.24) is 45.4 Å². The Hall–Kier alpha value is -6.60. The van der Waals surface area contributed by atoms with Gasteiger partial charge in [0.05, 0.1) is 5.56 Å². The number of primary amides is 1. The highest BCUT2D eigenvalue weighted by atomic mass is 31.2. The topological polar surface area (TPSA) is 295 Å². The molecule has 0 saturated carbocycles. The van der Waals surface area contributed by atoms with Crippen LogP contribution in [0, 0.1) is 11.8 Å². The summed E-state index contributed by atoms with van der Waals surface area (Å²) in [6, 6.07) is 2.88. The predicted molar refractivity (Wildman–Crippen MR) is 258 cm³/mol. The summed E-state index contributed by atoms with van der Waals surface area (Å²) >= 11 is 0. The molecule has 3 aromatic rings. The second-order valence-corrected chi connectivity index (χ2v) is 20.7. The highest BCUT2D eigenvalue weighted by molar-refractivity contribution is 7.52. The van der Waals surface area contributed by atoms with Crippen LogP contribution in [0.1, 0.15) is 134 Å². The maximum atomic E-state index is 14.4. The van der Waals surface area contributed by atoms with E-state index in [2.05, 4.69) is 38.1 Å². The molecule has 21 nitrogen and oxygen atoms in total. The van der Waals surface area contributed by atoms with E-state index >= 15 is 0 Å². The number of rotatable bonds is 20. The third-order valence-electron chi connectivity index (χ3n) is 13.8. The molecule has 0 aliphatic carbocycles. The van der Waals surface area contributed by atoms with Gasteiger partial charge >= 0.3 is 13.3 Å². The molecule has 6 heterocycles. The number of unbranched alkanes of at least 4 members (excludes halogenated alkanes) is 7. The number of imide groups is 1. The summed E-state index contributed by atoms with van der Waals surface area (Å²) in [5, 5.41) is 10.6. The van der Waals surface area contributed by atoms with E-state index in [0.29, 0.717) is 50.8 Å². The van der Waals surface area contributed by atoms with Crippen molar-refractivity contribution in [2.24, 2.45) is 5.73 Å². The summed E-state index contributed by atoms with van der Waals surface area (Å²) in [6.45, 7) is 1.16. The van der Waals surface area contributed by atoms with E-state index in [4.69, 9.17) is 5.73 Å². The number of pyridine rings is 1. The summed E-state index contributed by atoms with van der Waals surface area (Å²) in [6.07, 6.45) is 10.3. The van der Waals surface area contributed by atoms with Crippen molar-refractivity contribution in [3.63, 3.8) is 0 Å². The van der Waals surface area contributed by atoms with Crippen molar-refractivity contribution in [3.8, 4) is 11.8 Å². The van der Waals surface area contributed by atoms with Crippen LogP contribution in [0.2, 0.25) is 0 Å². The fraction of sp³-hybridized carbons (Fsp3) is 0.531. The minimum absolute atomic E-state index is 0.0181. The normalized spacial score (nSPS) is 20.8. The minimum Gasteiger partial charge on any atom is -0.370 e. The van der Waals surface area contributed by atoms with Crippen molar-refractivity contribution in [2.45, 2.75) is 139 Å². The van der Waals surface area contributed by atoms with E-state index in [9.17, 15) is 61.5 Å². The highest BCUT2D eigenvalue weighted by Gasteiger charge is 2.51. The number of nitrogens with one attached hydrogen (secondary N) is 4. The van der Waals surface area contributed by atoms with E-state index in [-0.39, 0.29) is 68.0 Å². The molecule has 8 N–H and O–H groups in total. The fourth-order valence-corrected chi connectivity index (χ4v) is 10.3. The molecule has 3 saturated heterocycles. The average Bonchev–Trinajstić information content (AvgIpc) is 4.06. The molecular formula is C49H61F2N10O11P. The zero-order valence-electron chi connectivity index (χ0n) is 40.4. The van der Waals surface area contributed by atoms with Gasteiger partial charge in [-0.25, -0.2) is 4.98 Å². The number of piperidine rings is 1. The molecule has 8 amide bonds. The molecule has 0 bridgehead atoms. The minimum atomic E-state index is -5.87. The molecule has 1 unspecified atom stereocenters. The van der Waals surface area contributed by atoms with Crippen molar-refractivity contribution in [2.75, 3.05) is 26.7 Å². The van der Waals surface area contributed by atoms with Gasteiger partial charge in [0.1, 0.15) is 35.5 Å². The van der Waals surface area contributed by atoms with Crippen LogP contribution in [-0.2, 0) is 45.5 Å². The summed E-state index contributed by atoms with van der Waals surface area (Å²) in [4.78, 5) is 131. The summed E-state index contributed by atoms with van der Waals surface area (Å²) in [5.41, 5.74) is 1.75. The van der Waals surface area contributed by atoms with Gasteiger partial charge in [-0.2, -0.15) is 8.78 Å². The van der Waals surface area contributed by atoms with Gasteiger partial charge in [0.25, 0.3) is 11.8 Å². The van der Waals surface area contributed by atoms with Gasteiger partial charge in [0, 0.05) is 68.5 Å². The summed E-state index contributed by atoms with van der Waals surface area (Å²) < 4.78 is 41.3. The Bertz CT molecular complexity index is 2760. The average molecular weight is 1040 g/mol. The molecular weight excluding hydrogens is 974 g/mol. The molecule has 2 aromatic heterocycles. The van der Waals surface area contributed by atoms with Gasteiger partial charge < -0.3 is 50.6 Å². The Kier molecular flexibility index (Phi) is 17.5. The summed E-state index contributed by atoms with van der Waals surface area (Å²) in [7, 11) is -4.10. The maximum Gasteiger partial charge on any atom is 0.399 e. The lowest BCUT2D eigenvalue weighted by atomic mass is 10.0. The van der Waals surface area contributed by atoms with Crippen LogP contribution in [0.15, 0.2) is 42.7 Å². The largest absolute Gasteiger partial charge is 0.399 e. The van der Waals surface area contributed by atoms with Gasteiger partial charge in [-0.05, 0) is 88.4 Å². The molecule has 0 spiro atoms. The molecule has 392 valence electrons. The van der Waals surface area contributed by atoms with Crippen LogP contribution in [0.3, 0.4) is 0 Å². The van der Waals surface area contributed by atoms with Crippen LogP contribution < -0.4 is 27.0 Å². The predicted octanol–water partition coefficient (Wildman–Crippen LogP) is 2.15. The maximum absolute atomic E-state index is 14.4. The number of carbonyl (C=O) groups is 8. The highest BCUT2D eigenvalue weighted by Crippen LogP contribution is 2.59. The third-order valence-corrected chi connectivity index (χ3v) is 14.8. The number of benzene rings is 1. The van der Waals surface area contributed by atoms with Crippen molar-refractivity contribution >= 4 is 60.5 Å². The van der Waals surface area contributed by atoms with Crippen molar-refractivity contribution in [1.29, 1.82) is 0 Å². The number of fused-ring (bicyclic) bond motifs is 3. The smallest absolute Gasteiger partial charge is 0.370 e. The molecule has 24 heteroatoms. The number of nitrogens with two attached hydrogens (primary N) is 1. The number of alkyl halides is 2. The number of likely N-dealkylation sites (N-methyl/N-ethyl adjacent to an activating group) is 1. The lowest BCUT2D eigenvalue weighted by Gasteiger charge is -2.37. The second-order valence-electron chi connectivity index (χ2n) is 19.1. The molecule has 4 aliphatic rings. The van der Waals surface area contributed by atoms with Crippen LogP contribution in [0.25, 0.3) is 5.65 Å². The first-order valence-corrected chi connectivity index (χ1v) is 26.2. The molecule has 7 rings (SSSR count). The number of hydrogen-bond donors (Lipinski definition) is 7. The van der Waals surface area contributed by atoms with E-state index in [1.165, 1.54) is 9.80 Å².